The topological polar surface area (TPSA) is 37.3 Å². The van der Waals surface area contributed by atoms with Crippen molar-refractivity contribution in [2.75, 3.05) is 0 Å². The van der Waals surface area contributed by atoms with Crippen molar-refractivity contribution in [1.82, 2.24) is 0 Å². The van der Waals surface area contributed by atoms with E-state index in [1.165, 1.54) is 0 Å². The summed E-state index contributed by atoms with van der Waals surface area (Å²) in [7, 11) is 0. The molecule has 4 heavy (non-hydrogen) atoms. The molecule has 0 aliphatic heterocycles. The Morgan fingerprint density at radius 3 is 2.25 bits per heavy atom. The SMILES string of the molecule is CC(=O)O.[HH].[HH].[HH].[HH]. The number of aliphatic carboxylic acids is 1. The summed E-state index contributed by atoms with van der Waals surface area (Å²) in [6.45, 7) is 1.08. The quantitative estimate of drug-likeness (QED) is 0.461. The van der Waals surface area contributed by atoms with Crippen LogP contribution in [0.5, 0.6) is 0 Å². The van der Waals surface area contributed by atoms with E-state index in [1.54, 1.807) is 0 Å². The molecule has 0 spiro atoms. The molecule has 0 atom stereocenters. The molecule has 0 fully saturated rings. The highest BCUT2D eigenvalue weighted by molar-refractivity contribution is 5.62. The van der Waals surface area contributed by atoms with Gasteiger partial charge in [0.05, 0.1) is 0 Å². The molecule has 0 amide bonds. The second-order valence-electron chi connectivity index (χ2n) is 0.519. The Bertz CT molecular complexity index is 35.0. The van der Waals surface area contributed by atoms with Crippen molar-refractivity contribution < 1.29 is 15.6 Å². The fraction of sp³-hybridized carbons (Fsp3) is 0.500. The minimum atomic E-state index is -0.833. The smallest absolute Gasteiger partial charge is 0.300 e. The lowest BCUT2D eigenvalue weighted by Gasteiger charge is -1.59. The Labute approximate surface area is 30.0 Å². The molecule has 2 heteroatoms. The van der Waals surface area contributed by atoms with Gasteiger partial charge in [-0.1, -0.05) is 0 Å². The summed E-state index contributed by atoms with van der Waals surface area (Å²) < 4.78 is 0. The molecule has 0 unspecified atom stereocenters. The number of rotatable bonds is 0. The molecule has 0 radical (unpaired) electrons. The molecule has 0 aliphatic carbocycles. The molecule has 2 nitrogen and oxygen atoms in total. The van der Waals surface area contributed by atoms with Crippen LogP contribution in [0.4, 0.5) is 0 Å². The van der Waals surface area contributed by atoms with Gasteiger partial charge in [0.1, 0.15) is 0 Å². The Morgan fingerprint density at radius 1 is 2.25 bits per heavy atom. The van der Waals surface area contributed by atoms with Crippen molar-refractivity contribution in [3.05, 3.63) is 0 Å². The van der Waals surface area contributed by atoms with Crippen molar-refractivity contribution in [1.29, 1.82) is 0 Å². The van der Waals surface area contributed by atoms with E-state index >= 15 is 0 Å². The van der Waals surface area contributed by atoms with Gasteiger partial charge in [-0.25, -0.2) is 0 Å². The highest BCUT2D eigenvalue weighted by Gasteiger charge is 1.65. The number of carboxylic acids is 1. The van der Waals surface area contributed by atoms with Crippen LogP contribution >= 0.6 is 0 Å². The summed E-state index contributed by atoms with van der Waals surface area (Å²) in [5.41, 5.74) is 0. The minimum Gasteiger partial charge on any atom is -0.481 e. The van der Waals surface area contributed by atoms with Crippen molar-refractivity contribution >= 4 is 5.97 Å². The van der Waals surface area contributed by atoms with E-state index in [-0.39, 0.29) is 5.71 Å². The van der Waals surface area contributed by atoms with Crippen molar-refractivity contribution in [3.8, 4) is 0 Å². The van der Waals surface area contributed by atoms with Crippen molar-refractivity contribution in [2.45, 2.75) is 6.92 Å². The molecule has 0 saturated heterocycles. The molecule has 0 aromatic carbocycles. The lowest BCUT2D eigenvalue weighted by atomic mass is 10.9. The molecular formula is C2H12O2. The van der Waals surface area contributed by atoms with Crippen molar-refractivity contribution in [2.24, 2.45) is 0 Å². The van der Waals surface area contributed by atoms with Crippen LogP contribution in [0.25, 0.3) is 0 Å². The molecule has 1 N–H and O–H groups in total. The first kappa shape index (κ1) is 3.47. The summed E-state index contributed by atoms with van der Waals surface area (Å²) in [4.78, 5) is 9.00. The van der Waals surface area contributed by atoms with E-state index in [2.05, 4.69) is 0 Å². The van der Waals surface area contributed by atoms with Gasteiger partial charge < -0.3 is 5.11 Å². The third kappa shape index (κ3) is 1.16. The van der Waals surface area contributed by atoms with Gasteiger partial charge in [0.2, 0.25) is 0 Å². The van der Waals surface area contributed by atoms with E-state index in [0.29, 0.717) is 0 Å². The summed E-state index contributed by atoms with van der Waals surface area (Å²) >= 11 is 0. The molecule has 0 aliphatic rings. The Kier molecular flexibility index (Phi) is 0.759. The van der Waals surface area contributed by atoms with E-state index in [1.807, 2.05) is 0 Å². The van der Waals surface area contributed by atoms with E-state index in [9.17, 15) is 0 Å². The second kappa shape index (κ2) is 0.875. The van der Waals surface area contributed by atoms with Gasteiger partial charge in [0, 0.05) is 12.6 Å². The standard InChI is InChI=1S/C2H4O2.4H2/c1-2(3)4;;;;/h1H3,(H,3,4);4*1H. The van der Waals surface area contributed by atoms with Crippen LogP contribution in [-0.2, 0) is 4.79 Å². The van der Waals surface area contributed by atoms with Gasteiger partial charge in [-0.2, -0.15) is 0 Å². The van der Waals surface area contributed by atoms with E-state index < -0.39 is 5.97 Å². The maximum atomic E-state index is 9.00. The van der Waals surface area contributed by atoms with Crippen LogP contribution in [0.15, 0.2) is 0 Å². The van der Waals surface area contributed by atoms with Crippen LogP contribution in [0.2, 0.25) is 0 Å². The van der Waals surface area contributed by atoms with Gasteiger partial charge in [-0.15, -0.1) is 0 Å². The summed E-state index contributed by atoms with van der Waals surface area (Å²) in [6, 6.07) is 0. The summed E-state index contributed by atoms with van der Waals surface area (Å²) in [6.07, 6.45) is 0. The molecule has 0 rings (SSSR count). The third-order valence-corrected chi connectivity index (χ3v) is 0. The highest BCUT2D eigenvalue weighted by Crippen LogP contribution is 1.42. The molecule has 0 heterocycles. The molecule has 0 aromatic heterocycles. The van der Waals surface area contributed by atoms with E-state index in [0.717, 1.165) is 6.92 Å². The predicted octanol–water partition coefficient (Wildman–Crippen LogP) is 1.07. The van der Waals surface area contributed by atoms with Gasteiger partial charge >= 0.3 is 0 Å². The largest absolute Gasteiger partial charge is 0.481 e. The Morgan fingerprint density at radius 2 is 2.25 bits per heavy atom. The first-order valence-electron chi connectivity index (χ1n) is 0.928. The van der Waals surface area contributed by atoms with Crippen molar-refractivity contribution in [3.63, 3.8) is 0 Å². The van der Waals surface area contributed by atoms with Crippen LogP contribution < -0.4 is 0 Å². The summed E-state index contributed by atoms with van der Waals surface area (Å²) in [5, 5.41) is 7.42. The first-order chi connectivity index (χ1) is 1.73. The Balaban J connectivity index is -0.00000000750. The zero-order valence-corrected chi connectivity index (χ0v) is 2.36. The number of carbonyl (C=O) groups is 1. The van der Waals surface area contributed by atoms with Gasteiger partial charge in [-0.05, 0) is 0 Å². The first-order valence-corrected chi connectivity index (χ1v) is 0.928. The average molecular weight is 68.1 g/mol. The Hall–Kier alpha value is -0.530. The van der Waals surface area contributed by atoms with E-state index in [4.69, 9.17) is 9.90 Å². The third-order valence-electron chi connectivity index (χ3n) is 0. The fourth-order valence-corrected chi connectivity index (χ4v) is 0. The van der Waals surface area contributed by atoms with Crippen LogP contribution in [0.1, 0.15) is 12.6 Å². The van der Waals surface area contributed by atoms with Gasteiger partial charge in [-0.3, -0.25) is 4.79 Å². The molecule has 0 saturated carbocycles. The van der Waals surface area contributed by atoms with Crippen LogP contribution in [-0.4, -0.2) is 11.1 Å². The zero-order valence-electron chi connectivity index (χ0n) is 2.36. The number of carboxylic acid groups (broad SMARTS) is 1. The molecule has 0 aromatic rings. The lowest BCUT2D eigenvalue weighted by Crippen LogP contribution is -1.78. The average Bonchev–Trinajstić information content (AvgIpc) is 0.811. The van der Waals surface area contributed by atoms with Gasteiger partial charge in [0.15, 0.2) is 0 Å². The maximum absolute atomic E-state index is 9.00. The number of hydrogen-bond donors (Lipinski definition) is 1. The highest BCUT2D eigenvalue weighted by atomic mass is 16.4. The van der Waals surface area contributed by atoms with Gasteiger partial charge in [0.25, 0.3) is 5.97 Å². The minimum absolute atomic E-state index is 0. The van der Waals surface area contributed by atoms with Crippen LogP contribution in [0.3, 0.4) is 0 Å². The molecule has 0 bridgehead atoms. The number of hydrogen-bond acceptors (Lipinski definition) is 1. The van der Waals surface area contributed by atoms with Crippen LogP contribution in [0, 0.1) is 0 Å². The zero-order chi connectivity index (χ0) is 3.58. The molecule has 32 valence electrons. The molecular weight excluding hydrogens is 56.0 g/mol. The monoisotopic (exact) mass is 68.1 g/mol. The maximum Gasteiger partial charge on any atom is 0.300 e. The fourth-order valence-electron chi connectivity index (χ4n) is 0. The summed E-state index contributed by atoms with van der Waals surface area (Å²) in [5.74, 6) is -0.833. The second-order valence-corrected chi connectivity index (χ2v) is 0.519. The lowest BCUT2D eigenvalue weighted by molar-refractivity contribution is -0.134. The predicted molar refractivity (Wildman–Crippen MR) is 21.8 cm³/mol. The normalized spacial score (nSPS) is 6.25.